The molecule has 1 aliphatic heterocycles. The van der Waals surface area contributed by atoms with Crippen molar-refractivity contribution in [1.82, 2.24) is 10.2 Å². The summed E-state index contributed by atoms with van der Waals surface area (Å²) >= 11 is 0. The van der Waals surface area contributed by atoms with Crippen LogP contribution >= 0.6 is 0 Å². The van der Waals surface area contributed by atoms with Gasteiger partial charge in [-0.2, -0.15) is 0 Å². The zero-order valence-electron chi connectivity index (χ0n) is 13.0. The van der Waals surface area contributed by atoms with E-state index in [1.165, 1.54) is 12.1 Å². The smallest absolute Gasteiger partial charge is 0.241 e. The number of amides is 1. The number of carbonyl (C=O) groups excluding carboxylic acids is 1. The topological polar surface area (TPSA) is 41.6 Å². The van der Waals surface area contributed by atoms with Crippen LogP contribution in [-0.2, 0) is 9.53 Å². The Morgan fingerprint density at radius 2 is 2.10 bits per heavy atom. The Labute approximate surface area is 125 Å². The summed E-state index contributed by atoms with van der Waals surface area (Å²) in [5, 5.41) is 3.33. The lowest BCUT2D eigenvalue weighted by atomic mass is 10.0. The molecule has 3 unspecified atom stereocenters. The number of carbonyl (C=O) groups is 1. The largest absolute Gasteiger partial charge is 0.383 e. The fourth-order valence-corrected chi connectivity index (χ4v) is 2.81. The minimum absolute atomic E-state index is 0.0452. The normalized spacial score (nSPS) is 23.9. The maximum absolute atomic E-state index is 13.5. The molecule has 0 bridgehead atoms. The number of ether oxygens (including phenoxy) is 1. The van der Waals surface area contributed by atoms with Crippen LogP contribution in [-0.4, -0.2) is 36.6 Å². The van der Waals surface area contributed by atoms with E-state index >= 15 is 0 Å². The molecule has 1 aromatic rings. The van der Waals surface area contributed by atoms with Crippen molar-refractivity contribution in [2.75, 3.05) is 13.7 Å². The van der Waals surface area contributed by atoms with E-state index in [-0.39, 0.29) is 35.9 Å². The summed E-state index contributed by atoms with van der Waals surface area (Å²) in [6.45, 7) is 6.40. The van der Waals surface area contributed by atoms with Crippen LogP contribution in [0.1, 0.15) is 32.5 Å². The van der Waals surface area contributed by atoms with Crippen molar-refractivity contribution >= 4 is 5.91 Å². The van der Waals surface area contributed by atoms with E-state index in [4.69, 9.17) is 4.74 Å². The van der Waals surface area contributed by atoms with Crippen molar-refractivity contribution in [2.24, 2.45) is 5.92 Å². The van der Waals surface area contributed by atoms with E-state index in [0.717, 1.165) is 5.56 Å². The van der Waals surface area contributed by atoms with E-state index in [1.54, 1.807) is 18.1 Å². The van der Waals surface area contributed by atoms with Gasteiger partial charge in [-0.15, -0.1) is 0 Å². The van der Waals surface area contributed by atoms with Gasteiger partial charge in [0, 0.05) is 7.11 Å². The fourth-order valence-electron chi connectivity index (χ4n) is 2.81. The molecule has 0 radical (unpaired) electrons. The Morgan fingerprint density at radius 1 is 1.38 bits per heavy atom. The van der Waals surface area contributed by atoms with Gasteiger partial charge >= 0.3 is 0 Å². The van der Waals surface area contributed by atoms with Gasteiger partial charge in [-0.3, -0.25) is 10.1 Å². The second-order valence-corrected chi connectivity index (χ2v) is 5.90. The monoisotopic (exact) mass is 294 g/mol. The molecule has 21 heavy (non-hydrogen) atoms. The van der Waals surface area contributed by atoms with Crippen LogP contribution in [0.4, 0.5) is 4.39 Å². The summed E-state index contributed by atoms with van der Waals surface area (Å²) in [5.74, 6) is -0.0776. The van der Waals surface area contributed by atoms with Gasteiger partial charge in [0.05, 0.1) is 18.7 Å². The maximum atomic E-state index is 13.5. The van der Waals surface area contributed by atoms with Crippen LogP contribution in [0.3, 0.4) is 0 Å². The lowest BCUT2D eigenvalue weighted by Crippen LogP contribution is -2.41. The average molecular weight is 294 g/mol. The highest BCUT2D eigenvalue weighted by atomic mass is 19.1. The van der Waals surface area contributed by atoms with Gasteiger partial charge < -0.3 is 9.64 Å². The number of benzene rings is 1. The maximum Gasteiger partial charge on any atom is 0.241 e. The van der Waals surface area contributed by atoms with Crippen LogP contribution in [0.15, 0.2) is 24.3 Å². The van der Waals surface area contributed by atoms with Gasteiger partial charge in [0.2, 0.25) is 5.91 Å². The van der Waals surface area contributed by atoms with Crippen molar-refractivity contribution in [3.05, 3.63) is 35.6 Å². The van der Waals surface area contributed by atoms with Gasteiger partial charge in [-0.1, -0.05) is 26.0 Å². The summed E-state index contributed by atoms with van der Waals surface area (Å²) in [4.78, 5) is 14.4. The number of nitrogens with zero attached hydrogens (tertiary/aromatic N) is 1. The molecule has 5 heteroatoms. The van der Waals surface area contributed by atoms with Crippen molar-refractivity contribution in [3.8, 4) is 0 Å². The first kappa shape index (κ1) is 15.9. The minimum Gasteiger partial charge on any atom is -0.383 e. The van der Waals surface area contributed by atoms with E-state index in [1.807, 2.05) is 26.8 Å². The lowest BCUT2D eigenvalue weighted by molar-refractivity contribution is -0.133. The minimum atomic E-state index is -0.314. The quantitative estimate of drug-likeness (QED) is 0.906. The van der Waals surface area contributed by atoms with Crippen molar-refractivity contribution < 1.29 is 13.9 Å². The van der Waals surface area contributed by atoms with Gasteiger partial charge in [-0.25, -0.2) is 4.39 Å². The third-order valence-electron chi connectivity index (χ3n) is 3.85. The van der Waals surface area contributed by atoms with E-state index in [2.05, 4.69) is 5.32 Å². The molecule has 116 valence electrons. The number of hydrogen-bond donors (Lipinski definition) is 1. The second kappa shape index (κ2) is 6.54. The molecule has 0 spiro atoms. The Balaban J connectivity index is 2.34. The first-order chi connectivity index (χ1) is 9.95. The highest BCUT2D eigenvalue weighted by Gasteiger charge is 2.43. The SMILES string of the molecule is COCC(C)N1C(=O)C(C(C)C)NC1c1cccc(F)c1. The molecule has 1 N–H and O–H groups in total. The fraction of sp³-hybridized carbons (Fsp3) is 0.562. The Morgan fingerprint density at radius 3 is 2.67 bits per heavy atom. The van der Waals surface area contributed by atoms with Crippen molar-refractivity contribution in [3.63, 3.8) is 0 Å². The molecule has 4 nitrogen and oxygen atoms in total. The van der Waals surface area contributed by atoms with E-state index in [9.17, 15) is 9.18 Å². The van der Waals surface area contributed by atoms with Gasteiger partial charge in [-0.05, 0) is 30.5 Å². The molecule has 1 aliphatic rings. The Hall–Kier alpha value is -1.46. The molecule has 1 heterocycles. The predicted molar refractivity (Wildman–Crippen MR) is 79.1 cm³/mol. The molecule has 1 fully saturated rings. The summed E-state index contributed by atoms with van der Waals surface area (Å²) in [6.07, 6.45) is -0.314. The Bertz CT molecular complexity index is 507. The lowest BCUT2D eigenvalue weighted by Gasteiger charge is -2.30. The first-order valence-corrected chi connectivity index (χ1v) is 7.28. The van der Waals surface area contributed by atoms with Gasteiger partial charge in [0.25, 0.3) is 0 Å². The summed E-state index contributed by atoms with van der Waals surface area (Å²) in [6, 6.07) is 6.05. The number of halogens is 1. The van der Waals surface area contributed by atoms with E-state index in [0.29, 0.717) is 6.61 Å². The van der Waals surface area contributed by atoms with Crippen LogP contribution in [0, 0.1) is 11.7 Å². The number of methoxy groups -OCH3 is 1. The molecule has 1 aromatic carbocycles. The number of rotatable bonds is 5. The molecule has 2 rings (SSSR count). The third-order valence-corrected chi connectivity index (χ3v) is 3.85. The molecular formula is C16H23FN2O2. The first-order valence-electron chi connectivity index (χ1n) is 7.28. The predicted octanol–water partition coefficient (Wildman–Crippen LogP) is 2.32. The molecule has 3 atom stereocenters. The Kier molecular flexibility index (Phi) is 4.96. The summed E-state index contributed by atoms with van der Waals surface area (Å²) in [7, 11) is 1.61. The standard InChI is InChI=1S/C16H23FN2O2/c1-10(2)14-16(20)19(11(3)9-21-4)15(18-14)12-6-5-7-13(17)8-12/h5-8,10-11,14-15,18H,9H2,1-4H3. The highest BCUT2D eigenvalue weighted by molar-refractivity contribution is 5.85. The zero-order chi connectivity index (χ0) is 15.6. The molecular weight excluding hydrogens is 271 g/mol. The van der Waals surface area contributed by atoms with Crippen LogP contribution in [0.2, 0.25) is 0 Å². The number of nitrogens with one attached hydrogen (secondary N) is 1. The molecule has 1 saturated heterocycles. The number of hydrogen-bond acceptors (Lipinski definition) is 3. The zero-order valence-corrected chi connectivity index (χ0v) is 13.0. The van der Waals surface area contributed by atoms with Crippen LogP contribution in [0.25, 0.3) is 0 Å². The second-order valence-electron chi connectivity index (χ2n) is 5.90. The third kappa shape index (κ3) is 3.24. The van der Waals surface area contributed by atoms with E-state index < -0.39 is 0 Å². The van der Waals surface area contributed by atoms with Crippen molar-refractivity contribution in [1.29, 1.82) is 0 Å². The molecule has 0 aliphatic carbocycles. The molecule has 0 aromatic heterocycles. The van der Waals surface area contributed by atoms with Gasteiger partial charge in [0.1, 0.15) is 12.0 Å². The summed E-state index contributed by atoms with van der Waals surface area (Å²) < 4.78 is 18.7. The summed E-state index contributed by atoms with van der Waals surface area (Å²) in [5.41, 5.74) is 0.759. The highest BCUT2D eigenvalue weighted by Crippen LogP contribution is 2.30. The van der Waals surface area contributed by atoms with Crippen molar-refractivity contribution in [2.45, 2.75) is 39.0 Å². The van der Waals surface area contributed by atoms with Crippen LogP contribution in [0.5, 0.6) is 0 Å². The van der Waals surface area contributed by atoms with Crippen LogP contribution < -0.4 is 5.32 Å². The average Bonchev–Trinajstić information content (AvgIpc) is 2.77. The molecule has 1 amide bonds. The molecule has 0 saturated carbocycles. The van der Waals surface area contributed by atoms with Gasteiger partial charge in [0.15, 0.2) is 0 Å².